The monoisotopic (exact) mass is 474 g/mol. The molecule has 0 unspecified atom stereocenters. The molecule has 136 valence electrons. The van der Waals surface area contributed by atoms with Crippen molar-refractivity contribution in [2.24, 2.45) is 5.11 Å². The van der Waals surface area contributed by atoms with Gasteiger partial charge in [-0.25, -0.2) is 4.98 Å². The Morgan fingerprint density at radius 3 is 2.67 bits per heavy atom. The van der Waals surface area contributed by atoms with Gasteiger partial charge in [-0.3, -0.25) is 0 Å². The number of hydrogen-bond donors (Lipinski definition) is 3. The van der Waals surface area contributed by atoms with Crippen LogP contribution in [0.2, 0.25) is 0 Å². The molecule has 0 aliphatic carbocycles. The van der Waals surface area contributed by atoms with Crippen LogP contribution in [0, 0.1) is 9.10 Å². The number of ether oxygens (including phenoxy) is 1. The lowest BCUT2D eigenvalue weighted by atomic mass is 10.1. The molecule has 4 N–H and O–H groups in total. The van der Waals surface area contributed by atoms with Gasteiger partial charge in [0, 0.05) is 20.9 Å². The molecular weight excluding hydrogens is 457 g/mol. The maximum absolute atomic E-state index is 6.77. The highest BCUT2D eigenvalue weighted by Crippen LogP contribution is 2.32. The van der Waals surface area contributed by atoms with Gasteiger partial charge in [-0.05, 0) is 72.0 Å². The smallest absolute Gasteiger partial charge is 0.222 e. The number of nitrogens with zero attached hydrogens (tertiary/aromatic N) is 4. The molecule has 3 aromatic rings. The van der Waals surface area contributed by atoms with Crippen LogP contribution in [0.3, 0.4) is 0 Å². The summed E-state index contributed by atoms with van der Waals surface area (Å²) >= 11 is 2.25. The third-order valence-corrected chi connectivity index (χ3v) is 4.24. The standard InChI is InChI=1S/C18H16IN7O/c1-2-27-16-8-3-11(19)9-14(16)15-10-17(24-18(20)23-15)22-12-4-6-13(7-5-12)25-26-21/h3-10,21H,2H2,1H3,(H2,20,23,24)/p+1. The highest BCUT2D eigenvalue weighted by Gasteiger charge is 2.12. The molecule has 3 rings (SSSR count). The number of anilines is 3. The van der Waals surface area contributed by atoms with Crippen molar-refractivity contribution in [3.05, 3.63) is 52.1 Å². The predicted octanol–water partition coefficient (Wildman–Crippen LogP) is 4.65. The molecule has 0 spiro atoms. The minimum Gasteiger partial charge on any atom is -0.493 e. The highest BCUT2D eigenvalue weighted by atomic mass is 127. The van der Waals surface area contributed by atoms with E-state index >= 15 is 0 Å². The maximum atomic E-state index is 6.77. The number of benzene rings is 2. The first-order valence-corrected chi connectivity index (χ1v) is 9.18. The number of rotatable bonds is 6. The van der Waals surface area contributed by atoms with Crippen LogP contribution in [-0.2, 0) is 0 Å². The molecule has 0 atom stereocenters. The van der Waals surface area contributed by atoms with E-state index in [1.807, 2.05) is 43.3 Å². The van der Waals surface area contributed by atoms with Crippen molar-refractivity contribution < 1.29 is 4.74 Å². The lowest BCUT2D eigenvalue weighted by Gasteiger charge is -2.12. The topological polar surface area (TPSA) is 123 Å². The summed E-state index contributed by atoms with van der Waals surface area (Å²) in [6.07, 6.45) is 0. The second-order valence-electron chi connectivity index (χ2n) is 5.44. The predicted molar refractivity (Wildman–Crippen MR) is 112 cm³/mol. The van der Waals surface area contributed by atoms with E-state index in [4.69, 9.17) is 16.0 Å². The Morgan fingerprint density at radius 2 is 1.96 bits per heavy atom. The molecular formula is C18H17IN7O+. The number of nitrogen functional groups attached to an aromatic ring is 1. The van der Waals surface area contributed by atoms with Gasteiger partial charge in [-0.15, -0.1) is 0 Å². The molecule has 27 heavy (non-hydrogen) atoms. The second kappa shape index (κ2) is 8.56. The Kier molecular flexibility index (Phi) is 5.94. The largest absolute Gasteiger partial charge is 0.493 e. The van der Waals surface area contributed by atoms with Crippen LogP contribution in [0.5, 0.6) is 5.75 Å². The van der Waals surface area contributed by atoms with Gasteiger partial charge >= 0.3 is 0 Å². The van der Waals surface area contributed by atoms with E-state index in [1.165, 1.54) is 0 Å². The van der Waals surface area contributed by atoms with E-state index in [2.05, 4.69) is 47.9 Å². The first-order valence-electron chi connectivity index (χ1n) is 8.11. The van der Waals surface area contributed by atoms with Gasteiger partial charge in [0.25, 0.3) is 0 Å². The minimum atomic E-state index is 0.163. The molecule has 9 heteroatoms. The van der Waals surface area contributed by atoms with E-state index in [0.29, 0.717) is 23.8 Å². The average Bonchev–Trinajstić information content (AvgIpc) is 2.65. The van der Waals surface area contributed by atoms with Gasteiger partial charge in [0.2, 0.25) is 10.9 Å². The van der Waals surface area contributed by atoms with Crippen molar-refractivity contribution in [2.45, 2.75) is 6.92 Å². The summed E-state index contributed by atoms with van der Waals surface area (Å²) in [5, 5.41) is 6.86. The minimum absolute atomic E-state index is 0.163. The van der Waals surface area contributed by atoms with Crippen molar-refractivity contribution >= 4 is 45.7 Å². The number of aromatic nitrogens is 2. The second-order valence-corrected chi connectivity index (χ2v) is 6.69. The van der Waals surface area contributed by atoms with E-state index in [-0.39, 0.29) is 5.95 Å². The van der Waals surface area contributed by atoms with Gasteiger partial charge in [0.15, 0.2) is 10.8 Å². The van der Waals surface area contributed by atoms with Crippen LogP contribution in [0.4, 0.5) is 23.1 Å². The van der Waals surface area contributed by atoms with Crippen LogP contribution in [0.25, 0.3) is 11.3 Å². The molecule has 0 bridgehead atoms. The van der Waals surface area contributed by atoms with Crippen LogP contribution < -0.4 is 20.7 Å². The van der Waals surface area contributed by atoms with Crippen LogP contribution in [0.15, 0.2) is 53.6 Å². The number of hydrogen-bond acceptors (Lipinski definition) is 7. The summed E-state index contributed by atoms with van der Waals surface area (Å²) < 4.78 is 6.79. The summed E-state index contributed by atoms with van der Waals surface area (Å²) in [4.78, 5) is 11.6. The van der Waals surface area contributed by atoms with Gasteiger partial charge < -0.3 is 15.8 Å². The first kappa shape index (κ1) is 18.7. The maximum Gasteiger partial charge on any atom is 0.222 e. The van der Waals surface area contributed by atoms with Crippen LogP contribution in [0.1, 0.15) is 6.92 Å². The molecule has 0 radical (unpaired) electrons. The Hall–Kier alpha value is -3.04. The van der Waals surface area contributed by atoms with E-state index in [0.717, 1.165) is 20.6 Å². The van der Waals surface area contributed by atoms with Gasteiger partial charge in [-0.1, -0.05) is 0 Å². The van der Waals surface area contributed by atoms with Crippen LogP contribution >= 0.6 is 22.6 Å². The fraction of sp³-hybridized carbons (Fsp3) is 0.111. The summed E-state index contributed by atoms with van der Waals surface area (Å²) in [5.41, 5.74) is 15.6. The zero-order valence-corrected chi connectivity index (χ0v) is 16.6. The molecule has 0 fully saturated rings. The number of halogens is 1. The number of nitrogens with one attached hydrogen (secondary N) is 2. The Bertz CT molecular complexity index is 1000. The fourth-order valence-corrected chi connectivity index (χ4v) is 2.96. The molecule has 0 aliphatic heterocycles. The molecule has 0 saturated carbocycles. The van der Waals surface area contributed by atoms with Crippen molar-refractivity contribution in [2.75, 3.05) is 17.7 Å². The quantitative estimate of drug-likeness (QED) is 0.273. The van der Waals surface area contributed by atoms with Crippen molar-refractivity contribution in [1.82, 2.24) is 14.9 Å². The first-order chi connectivity index (χ1) is 13.1. The summed E-state index contributed by atoms with van der Waals surface area (Å²) in [5.74, 6) is 1.47. The van der Waals surface area contributed by atoms with Gasteiger partial charge in [0.05, 0.1) is 12.3 Å². The molecule has 0 aliphatic rings. The highest BCUT2D eigenvalue weighted by molar-refractivity contribution is 14.1. The van der Waals surface area contributed by atoms with E-state index in [1.54, 1.807) is 12.1 Å². The molecule has 0 saturated heterocycles. The zero-order valence-electron chi connectivity index (χ0n) is 14.5. The molecule has 8 nitrogen and oxygen atoms in total. The van der Waals surface area contributed by atoms with E-state index in [9.17, 15) is 0 Å². The molecule has 1 aromatic heterocycles. The normalized spacial score (nSPS) is 10.1. The SMILES string of the molecule is CCOc1ccc(I)cc1-c1cc(Nc2ccc(N=[N+]=N)cc2)nc(N)n1. The Balaban J connectivity index is 1.95. The molecule has 0 amide bonds. The lowest BCUT2D eigenvalue weighted by molar-refractivity contribution is 0.341. The average molecular weight is 474 g/mol. The third kappa shape index (κ3) is 4.78. The number of nitrogens with two attached hydrogens (primary N) is 1. The van der Waals surface area contributed by atoms with E-state index < -0.39 is 0 Å². The summed E-state index contributed by atoms with van der Waals surface area (Å²) in [6, 6.07) is 14.9. The Morgan fingerprint density at radius 1 is 1.19 bits per heavy atom. The third-order valence-electron chi connectivity index (χ3n) is 3.57. The molecule has 1 heterocycles. The van der Waals surface area contributed by atoms with Gasteiger partial charge in [0.1, 0.15) is 17.1 Å². The lowest BCUT2D eigenvalue weighted by Crippen LogP contribution is -2.02. The summed E-state index contributed by atoms with van der Waals surface area (Å²) in [7, 11) is 0. The zero-order chi connectivity index (χ0) is 19.2. The Labute approximate surface area is 169 Å². The van der Waals surface area contributed by atoms with Crippen LogP contribution in [-0.4, -0.2) is 16.6 Å². The fourth-order valence-electron chi connectivity index (χ4n) is 2.47. The van der Waals surface area contributed by atoms with Gasteiger partial charge in [-0.2, -0.15) is 4.98 Å². The van der Waals surface area contributed by atoms with Crippen molar-refractivity contribution in [3.63, 3.8) is 0 Å². The van der Waals surface area contributed by atoms with Crippen molar-refractivity contribution in [3.8, 4) is 17.0 Å². The molecule has 2 aromatic carbocycles. The summed E-state index contributed by atoms with van der Waals surface area (Å²) in [6.45, 7) is 2.49. The van der Waals surface area contributed by atoms with Crippen molar-refractivity contribution in [1.29, 1.82) is 5.53 Å².